The Kier molecular flexibility index (Phi) is 7.14. The van der Waals surface area contributed by atoms with Gasteiger partial charge in [-0.25, -0.2) is 0 Å². The van der Waals surface area contributed by atoms with E-state index in [1.807, 2.05) is 0 Å². The Morgan fingerprint density at radius 1 is 1.13 bits per heavy atom. The number of carboxylic acids is 1. The van der Waals surface area contributed by atoms with Gasteiger partial charge in [-0.15, -0.1) is 6.58 Å². The zero-order valence-electron chi connectivity index (χ0n) is 15.8. The molecule has 0 radical (unpaired) electrons. The zero-order chi connectivity index (χ0) is 22.5. The summed E-state index contributed by atoms with van der Waals surface area (Å²) < 4.78 is 70.6. The molecule has 1 atom stereocenters. The highest BCUT2D eigenvalue weighted by atomic mass is 32.2. The molecule has 0 spiro atoms. The molecule has 2 aromatic rings. The highest BCUT2D eigenvalue weighted by Crippen LogP contribution is 2.34. The van der Waals surface area contributed by atoms with Crippen molar-refractivity contribution in [2.24, 2.45) is 0 Å². The van der Waals surface area contributed by atoms with E-state index in [-0.39, 0.29) is 24.3 Å². The molecule has 0 bridgehead atoms. The van der Waals surface area contributed by atoms with Crippen LogP contribution in [0.2, 0.25) is 0 Å². The van der Waals surface area contributed by atoms with Crippen molar-refractivity contribution in [1.82, 2.24) is 0 Å². The predicted octanol–water partition coefficient (Wildman–Crippen LogP) is 4.63. The van der Waals surface area contributed by atoms with Crippen LogP contribution in [0.3, 0.4) is 0 Å². The van der Waals surface area contributed by atoms with Crippen molar-refractivity contribution in [1.29, 1.82) is 0 Å². The standard InChI is InChI=1S/C20H19F3O6S/c1-13(2)8-18(19(24)25)15-9-16(28-12-14-6-4-3-5-7-14)11-17(10-15)29-30(26,27)20(21,22)23/h3-7,9-11,18H,1,8,12H2,2H3,(H,24,25). The summed E-state index contributed by atoms with van der Waals surface area (Å²) in [6, 6.07) is 12.0. The first-order chi connectivity index (χ1) is 13.9. The number of aliphatic carboxylic acids is 1. The minimum atomic E-state index is -5.94. The van der Waals surface area contributed by atoms with Gasteiger partial charge in [0.05, 0.1) is 5.92 Å². The van der Waals surface area contributed by atoms with E-state index in [4.69, 9.17) is 4.74 Å². The Morgan fingerprint density at radius 3 is 2.27 bits per heavy atom. The molecule has 6 nitrogen and oxygen atoms in total. The van der Waals surface area contributed by atoms with Crippen molar-refractivity contribution < 1.29 is 40.4 Å². The minimum Gasteiger partial charge on any atom is -0.489 e. The van der Waals surface area contributed by atoms with Crippen LogP contribution in [-0.2, 0) is 21.5 Å². The second-order valence-electron chi connectivity index (χ2n) is 6.55. The molecule has 1 N–H and O–H groups in total. The van der Waals surface area contributed by atoms with Gasteiger partial charge in [0.15, 0.2) is 0 Å². The molecule has 0 aliphatic rings. The second-order valence-corrected chi connectivity index (χ2v) is 8.09. The first-order valence-electron chi connectivity index (χ1n) is 8.58. The number of hydrogen-bond acceptors (Lipinski definition) is 5. The van der Waals surface area contributed by atoms with Gasteiger partial charge >= 0.3 is 21.6 Å². The summed E-state index contributed by atoms with van der Waals surface area (Å²) in [6.07, 6.45) is -0.0110. The van der Waals surface area contributed by atoms with Crippen LogP contribution in [-0.4, -0.2) is 25.0 Å². The quantitative estimate of drug-likeness (QED) is 0.345. The number of carbonyl (C=O) groups is 1. The molecule has 10 heteroatoms. The van der Waals surface area contributed by atoms with Crippen molar-refractivity contribution in [3.05, 3.63) is 71.8 Å². The molecule has 0 saturated heterocycles. The summed E-state index contributed by atoms with van der Waals surface area (Å²) in [7, 11) is -5.94. The molecule has 0 amide bonds. The topological polar surface area (TPSA) is 89.9 Å². The average molecular weight is 444 g/mol. The lowest BCUT2D eigenvalue weighted by atomic mass is 9.92. The van der Waals surface area contributed by atoms with E-state index in [1.165, 1.54) is 6.07 Å². The molecule has 0 aliphatic heterocycles. The molecular weight excluding hydrogens is 425 g/mol. The van der Waals surface area contributed by atoms with Crippen LogP contribution in [0.4, 0.5) is 13.2 Å². The first kappa shape index (κ1) is 23.3. The number of allylic oxidation sites excluding steroid dienone is 1. The highest BCUT2D eigenvalue weighted by Gasteiger charge is 2.48. The Balaban J connectivity index is 2.44. The van der Waals surface area contributed by atoms with Crippen molar-refractivity contribution in [2.45, 2.75) is 31.4 Å². The number of benzene rings is 2. The van der Waals surface area contributed by atoms with E-state index >= 15 is 0 Å². The minimum absolute atomic E-state index is 0.0110. The molecule has 2 rings (SSSR count). The molecule has 30 heavy (non-hydrogen) atoms. The van der Waals surface area contributed by atoms with Gasteiger partial charge in [0.2, 0.25) is 0 Å². The van der Waals surface area contributed by atoms with E-state index in [0.29, 0.717) is 5.57 Å². The van der Waals surface area contributed by atoms with E-state index in [9.17, 15) is 31.5 Å². The van der Waals surface area contributed by atoms with Crippen molar-refractivity contribution in [3.63, 3.8) is 0 Å². The fourth-order valence-corrected chi connectivity index (χ4v) is 2.98. The number of ether oxygens (including phenoxy) is 1. The van der Waals surface area contributed by atoms with Crippen LogP contribution < -0.4 is 8.92 Å². The van der Waals surface area contributed by atoms with E-state index in [0.717, 1.165) is 17.7 Å². The van der Waals surface area contributed by atoms with Gasteiger partial charge < -0.3 is 14.0 Å². The SMILES string of the molecule is C=C(C)CC(C(=O)O)c1cc(OCc2ccccc2)cc(OS(=O)(=O)C(F)(F)F)c1. The van der Waals surface area contributed by atoms with Crippen molar-refractivity contribution in [3.8, 4) is 11.5 Å². The van der Waals surface area contributed by atoms with Gasteiger partial charge in [-0.2, -0.15) is 21.6 Å². The van der Waals surface area contributed by atoms with Gasteiger partial charge in [-0.05, 0) is 36.6 Å². The smallest absolute Gasteiger partial charge is 0.489 e. The number of carboxylic acid groups (broad SMARTS) is 1. The lowest BCUT2D eigenvalue weighted by molar-refractivity contribution is -0.138. The number of halogens is 3. The van der Waals surface area contributed by atoms with Crippen molar-refractivity contribution in [2.75, 3.05) is 0 Å². The van der Waals surface area contributed by atoms with Crippen LogP contribution in [0, 0.1) is 0 Å². The normalized spacial score (nSPS) is 12.8. The first-order valence-corrected chi connectivity index (χ1v) is 9.99. The van der Waals surface area contributed by atoms with Crippen molar-refractivity contribution >= 4 is 16.1 Å². The third-order valence-corrected chi connectivity index (χ3v) is 4.87. The Bertz CT molecular complexity index is 1020. The summed E-state index contributed by atoms with van der Waals surface area (Å²) in [4.78, 5) is 11.7. The molecule has 0 fully saturated rings. The van der Waals surface area contributed by atoms with Crippen LogP contribution >= 0.6 is 0 Å². The summed E-state index contributed by atoms with van der Waals surface area (Å²) in [5.74, 6) is -3.20. The molecule has 0 aromatic heterocycles. The Hall–Kier alpha value is -3.01. The lowest BCUT2D eigenvalue weighted by Crippen LogP contribution is -2.28. The number of alkyl halides is 3. The summed E-state index contributed by atoms with van der Waals surface area (Å²) in [5, 5.41) is 9.51. The van der Waals surface area contributed by atoms with Gasteiger partial charge in [0.25, 0.3) is 0 Å². The number of hydrogen-bond donors (Lipinski definition) is 1. The van der Waals surface area contributed by atoms with Crippen LogP contribution in [0.1, 0.15) is 30.4 Å². The lowest BCUT2D eigenvalue weighted by Gasteiger charge is -2.17. The maximum absolute atomic E-state index is 12.7. The predicted molar refractivity (Wildman–Crippen MR) is 103 cm³/mol. The molecule has 0 saturated carbocycles. The Labute approximate surface area is 171 Å². The molecule has 1 unspecified atom stereocenters. The number of rotatable bonds is 9. The molecule has 0 aliphatic carbocycles. The molecular formula is C20H19F3O6S. The highest BCUT2D eigenvalue weighted by molar-refractivity contribution is 7.88. The monoisotopic (exact) mass is 444 g/mol. The van der Waals surface area contributed by atoms with Gasteiger partial charge in [-0.3, -0.25) is 4.79 Å². The van der Waals surface area contributed by atoms with E-state index in [1.54, 1.807) is 37.3 Å². The maximum Gasteiger partial charge on any atom is 0.534 e. The van der Waals surface area contributed by atoms with Gasteiger partial charge in [-0.1, -0.05) is 35.9 Å². The summed E-state index contributed by atoms with van der Waals surface area (Å²) in [6.45, 7) is 5.26. The van der Waals surface area contributed by atoms with Gasteiger partial charge in [0, 0.05) is 6.07 Å². The molecule has 162 valence electrons. The fraction of sp³-hybridized carbons (Fsp3) is 0.250. The summed E-state index contributed by atoms with van der Waals surface area (Å²) in [5.41, 5.74) is -4.37. The van der Waals surface area contributed by atoms with Gasteiger partial charge in [0.1, 0.15) is 18.1 Å². The largest absolute Gasteiger partial charge is 0.534 e. The molecule has 0 heterocycles. The van der Waals surface area contributed by atoms with Crippen LogP contribution in [0.25, 0.3) is 0 Å². The second kappa shape index (κ2) is 9.21. The van der Waals surface area contributed by atoms with Crippen LogP contribution in [0.15, 0.2) is 60.7 Å². The van der Waals surface area contributed by atoms with Crippen LogP contribution in [0.5, 0.6) is 11.5 Å². The van der Waals surface area contributed by atoms with E-state index < -0.39 is 33.3 Å². The fourth-order valence-electron chi connectivity index (χ4n) is 2.54. The zero-order valence-corrected chi connectivity index (χ0v) is 16.7. The average Bonchev–Trinajstić information content (AvgIpc) is 2.63. The maximum atomic E-state index is 12.7. The molecule has 2 aromatic carbocycles. The summed E-state index contributed by atoms with van der Waals surface area (Å²) >= 11 is 0. The van der Waals surface area contributed by atoms with E-state index in [2.05, 4.69) is 10.8 Å². The Morgan fingerprint density at radius 2 is 1.73 bits per heavy atom. The third kappa shape index (κ3) is 6.24. The third-order valence-electron chi connectivity index (χ3n) is 3.89.